The maximum absolute atomic E-state index is 12.8. The monoisotopic (exact) mass is 497 g/mol. The minimum atomic E-state index is -1.27. The highest BCUT2D eigenvalue weighted by atomic mass is 35.5. The molecule has 2 amide bonds. The lowest BCUT2D eigenvalue weighted by molar-refractivity contribution is -0.150. The number of Topliss-reactive ketones (excluding diaryl/α,β-unsaturated/α-hetero) is 1. The van der Waals surface area contributed by atoms with Gasteiger partial charge in [0.25, 0.3) is 0 Å². The Morgan fingerprint density at radius 2 is 1.79 bits per heavy atom. The Balaban J connectivity index is 1.83. The van der Waals surface area contributed by atoms with E-state index in [0.717, 1.165) is 11.8 Å². The molecular formula is C24H20ClN3O5S. The van der Waals surface area contributed by atoms with Crippen LogP contribution in [0.1, 0.15) is 28.8 Å². The first-order valence-corrected chi connectivity index (χ1v) is 11.4. The van der Waals surface area contributed by atoms with Crippen molar-refractivity contribution in [1.82, 2.24) is 5.32 Å². The van der Waals surface area contributed by atoms with Crippen LogP contribution in [0.15, 0.2) is 59.1 Å². The van der Waals surface area contributed by atoms with Crippen LogP contribution in [0.4, 0.5) is 5.69 Å². The molecule has 2 aromatic rings. The van der Waals surface area contributed by atoms with E-state index in [1.165, 1.54) is 14.0 Å². The highest BCUT2D eigenvalue weighted by molar-refractivity contribution is 8.03. The van der Waals surface area contributed by atoms with Gasteiger partial charge in [-0.25, -0.2) is 0 Å². The Kier molecular flexibility index (Phi) is 8.10. The van der Waals surface area contributed by atoms with E-state index in [1.54, 1.807) is 48.5 Å². The third kappa shape index (κ3) is 5.65. The number of rotatable bonds is 7. The Labute approximate surface area is 205 Å². The van der Waals surface area contributed by atoms with Gasteiger partial charge in [0.1, 0.15) is 5.92 Å². The minimum absolute atomic E-state index is 0.0852. The fraction of sp³-hybridized carbons (Fsp3) is 0.208. The molecule has 0 spiro atoms. The Morgan fingerprint density at radius 1 is 1.15 bits per heavy atom. The van der Waals surface area contributed by atoms with Crippen LogP contribution in [0.3, 0.4) is 0 Å². The Hall–Kier alpha value is -3.61. The standard InChI is InChI=1S/C24H20ClN3O5S/c1-13(29)14-5-9-17(10-6-14)27-19(30)12-34-23-18(11-26)20(15-3-7-16(25)8-4-15)21(22(31)28-23)24(32)33-2/h3-10,20-21H,12H2,1-2H3,(H,27,30)(H,28,31)/t20-,21+/m0/s1. The van der Waals surface area contributed by atoms with Crippen LogP contribution in [0.25, 0.3) is 0 Å². The SMILES string of the molecule is COC(=O)[C@H]1C(=O)NC(SCC(=O)Nc2ccc(C(C)=O)cc2)=C(C#N)[C@@H]1c1ccc(Cl)cc1. The number of carbonyl (C=O) groups is 4. The third-order valence-electron chi connectivity index (χ3n) is 5.14. The van der Waals surface area contributed by atoms with E-state index < -0.39 is 23.7 Å². The average Bonchev–Trinajstić information content (AvgIpc) is 2.82. The number of allylic oxidation sites excluding steroid dienone is 1. The van der Waals surface area contributed by atoms with Gasteiger partial charge in [0.05, 0.1) is 29.5 Å². The predicted octanol–water partition coefficient (Wildman–Crippen LogP) is 3.65. The minimum Gasteiger partial charge on any atom is -0.468 e. The molecule has 0 radical (unpaired) electrons. The number of benzene rings is 2. The number of ether oxygens (including phenoxy) is 1. The molecule has 0 saturated heterocycles. The van der Waals surface area contributed by atoms with Crippen LogP contribution in [-0.4, -0.2) is 36.4 Å². The zero-order chi connectivity index (χ0) is 24.8. The number of thioether (sulfide) groups is 1. The molecule has 0 aromatic heterocycles. The number of nitrogens with one attached hydrogen (secondary N) is 2. The van der Waals surface area contributed by atoms with E-state index in [9.17, 15) is 24.4 Å². The average molecular weight is 498 g/mol. The molecule has 10 heteroatoms. The molecule has 0 saturated carbocycles. The topological polar surface area (TPSA) is 125 Å². The number of hydrogen-bond acceptors (Lipinski definition) is 7. The highest BCUT2D eigenvalue weighted by Crippen LogP contribution is 2.40. The summed E-state index contributed by atoms with van der Waals surface area (Å²) in [6, 6.07) is 15.0. The molecule has 0 unspecified atom stereocenters. The third-order valence-corrected chi connectivity index (χ3v) is 6.40. The lowest BCUT2D eigenvalue weighted by Crippen LogP contribution is -2.44. The lowest BCUT2D eigenvalue weighted by Gasteiger charge is -2.30. The zero-order valence-corrected chi connectivity index (χ0v) is 19.8. The Bertz CT molecular complexity index is 1200. The van der Waals surface area contributed by atoms with Gasteiger partial charge in [-0.1, -0.05) is 35.5 Å². The smallest absolute Gasteiger partial charge is 0.319 e. The van der Waals surface area contributed by atoms with Gasteiger partial charge >= 0.3 is 5.97 Å². The predicted molar refractivity (Wildman–Crippen MR) is 128 cm³/mol. The number of nitrogens with zero attached hydrogens (tertiary/aromatic N) is 1. The van der Waals surface area contributed by atoms with Crippen molar-refractivity contribution in [3.05, 3.63) is 75.3 Å². The van der Waals surface area contributed by atoms with Crippen molar-refractivity contribution < 1.29 is 23.9 Å². The number of esters is 1. The number of ketones is 1. The van der Waals surface area contributed by atoms with Crippen LogP contribution in [0.2, 0.25) is 5.02 Å². The van der Waals surface area contributed by atoms with Crippen LogP contribution in [-0.2, 0) is 19.1 Å². The summed E-state index contributed by atoms with van der Waals surface area (Å²) in [5, 5.41) is 15.8. The molecule has 8 nitrogen and oxygen atoms in total. The molecule has 1 heterocycles. The summed E-state index contributed by atoms with van der Waals surface area (Å²) in [5.41, 5.74) is 1.71. The number of methoxy groups -OCH3 is 1. The molecule has 2 N–H and O–H groups in total. The van der Waals surface area contributed by atoms with Crippen molar-refractivity contribution in [2.45, 2.75) is 12.8 Å². The van der Waals surface area contributed by atoms with E-state index in [-0.39, 0.29) is 28.0 Å². The van der Waals surface area contributed by atoms with E-state index in [2.05, 4.69) is 16.7 Å². The molecule has 1 aliphatic rings. The summed E-state index contributed by atoms with van der Waals surface area (Å²) in [5.74, 6) is -4.14. The second kappa shape index (κ2) is 11.0. The number of amides is 2. The number of halogens is 1. The highest BCUT2D eigenvalue weighted by Gasteiger charge is 2.44. The fourth-order valence-corrected chi connectivity index (χ4v) is 4.45. The summed E-state index contributed by atoms with van der Waals surface area (Å²) < 4.78 is 4.80. The lowest BCUT2D eigenvalue weighted by atomic mass is 9.78. The van der Waals surface area contributed by atoms with Crippen LogP contribution in [0, 0.1) is 17.2 Å². The van der Waals surface area contributed by atoms with E-state index >= 15 is 0 Å². The van der Waals surface area contributed by atoms with Crippen molar-refractivity contribution in [1.29, 1.82) is 5.26 Å². The van der Waals surface area contributed by atoms with Gasteiger partial charge in [-0.3, -0.25) is 19.2 Å². The summed E-state index contributed by atoms with van der Waals surface area (Å²) in [7, 11) is 1.17. The first-order chi connectivity index (χ1) is 16.2. The number of hydrogen-bond donors (Lipinski definition) is 2. The number of anilines is 1. The van der Waals surface area contributed by atoms with Gasteiger partial charge in [-0.2, -0.15) is 5.26 Å². The van der Waals surface area contributed by atoms with Gasteiger partial charge in [-0.05, 0) is 48.9 Å². The molecule has 2 aromatic carbocycles. The maximum Gasteiger partial charge on any atom is 0.319 e. The van der Waals surface area contributed by atoms with Crippen LogP contribution >= 0.6 is 23.4 Å². The molecule has 2 atom stereocenters. The largest absolute Gasteiger partial charge is 0.468 e. The van der Waals surface area contributed by atoms with Crippen molar-refractivity contribution in [2.75, 3.05) is 18.2 Å². The summed E-state index contributed by atoms with van der Waals surface area (Å²) in [6.45, 7) is 1.45. The van der Waals surface area contributed by atoms with Gasteiger partial charge in [-0.15, -0.1) is 0 Å². The summed E-state index contributed by atoms with van der Waals surface area (Å²) in [6.07, 6.45) is 0. The zero-order valence-electron chi connectivity index (χ0n) is 18.3. The van der Waals surface area contributed by atoms with Gasteiger partial charge in [0, 0.05) is 22.2 Å². The molecular weight excluding hydrogens is 478 g/mol. The van der Waals surface area contributed by atoms with Crippen molar-refractivity contribution in [3.63, 3.8) is 0 Å². The maximum atomic E-state index is 12.8. The number of nitriles is 1. The second-order valence-corrected chi connectivity index (χ2v) is 8.77. The van der Waals surface area contributed by atoms with E-state index in [4.69, 9.17) is 16.3 Å². The molecule has 1 aliphatic heterocycles. The summed E-state index contributed by atoms with van der Waals surface area (Å²) in [4.78, 5) is 49.0. The van der Waals surface area contributed by atoms with Crippen molar-refractivity contribution in [2.24, 2.45) is 5.92 Å². The molecule has 0 aliphatic carbocycles. The quantitative estimate of drug-likeness (QED) is 0.339. The van der Waals surface area contributed by atoms with Crippen molar-refractivity contribution in [3.8, 4) is 6.07 Å². The van der Waals surface area contributed by atoms with Gasteiger partial charge in [0.15, 0.2) is 5.78 Å². The van der Waals surface area contributed by atoms with Crippen molar-refractivity contribution >= 4 is 52.6 Å². The van der Waals surface area contributed by atoms with Crippen LogP contribution in [0.5, 0.6) is 0 Å². The first kappa shape index (κ1) is 25.0. The van der Waals surface area contributed by atoms with Gasteiger partial charge < -0.3 is 15.4 Å². The molecule has 0 bridgehead atoms. The van der Waals surface area contributed by atoms with Crippen LogP contribution < -0.4 is 10.6 Å². The molecule has 0 fully saturated rings. The molecule has 34 heavy (non-hydrogen) atoms. The fourth-order valence-electron chi connectivity index (χ4n) is 3.47. The second-order valence-electron chi connectivity index (χ2n) is 7.34. The summed E-state index contributed by atoms with van der Waals surface area (Å²) >= 11 is 6.94. The Morgan fingerprint density at radius 3 is 2.35 bits per heavy atom. The first-order valence-electron chi connectivity index (χ1n) is 10.1. The van der Waals surface area contributed by atoms with E-state index in [0.29, 0.717) is 21.8 Å². The van der Waals surface area contributed by atoms with Gasteiger partial charge in [0.2, 0.25) is 11.8 Å². The normalized spacial score (nSPS) is 17.4. The van der Waals surface area contributed by atoms with E-state index in [1.807, 2.05) is 0 Å². The molecule has 3 rings (SSSR count). The molecule has 174 valence electrons. The number of carbonyl (C=O) groups excluding carboxylic acids is 4.